The number of sulfonamides is 1. The summed E-state index contributed by atoms with van der Waals surface area (Å²) in [4.78, 5) is 15.8. The molecule has 1 aromatic carbocycles. The monoisotopic (exact) mass is 423 g/mol. The Morgan fingerprint density at radius 1 is 1.07 bits per heavy atom. The molecule has 1 amide bonds. The van der Waals surface area contributed by atoms with Crippen LogP contribution in [0.15, 0.2) is 28.0 Å². The molecule has 6 nitrogen and oxygen atoms in total. The first kappa shape index (κ1) is 20.2. The molecule has 0 aromatic heterocycles. The highest BCUT2D eigenvalue weighted by Crippen LogP contribution is 2.35. The Morgan fingerprint density at radius 2 is 1.79 bits per heavy atom. The van der Waals surface area contributed by atoms with Gasteiger partial charge in [0.25, 0.3) is 0 Å². The Kier molecular flexibility index (Phi) is 6.01. The van der Waals surface area contributed by atoms with Crippen LogP contribution >= 0.6 is 11.8 Å². The summed E-state index contributed by atoms with van der Waals surface area (Å²) in [7, 11) is -3.55. The van der Waals surface area contributed by atoms with E-state index in [-0.39, 0.29) is 16.7 Å². The molecule has 2 heterocycles. The van der Waals surface area contributed by atoms with Crippen LogP contribution in [0.25, 0.3) is 0 Å². The van der Waals surface area contributed by atoms with Crippen molar-refractivity contribution in [3.63, 3.8) is 0 Å². The lowest BCUT2D eigenvalue weighted by molar-refractivity contribution is -0.118. The molecule has 154 valence electrons. The molecule has 1 saturated carbocycles. The van der Waals surface area contributed by atoms with E-state index >= 15 is 0 Å². The fourth-order valence-electron chi connectivity index (χ4n) is 4.34. The van der Waals surface area contributed by atoms with Crippen molar-refractivity contribution < 1.29 is 13.2 Å². The van der Waals surface area contributed by atoms with Crippen molar-refractivity contribution >= 4 is 33.4 Å². The van der Waals surface area contributed by atoms with Crippen molar-refractivity contribution in [1.82, 2.24) is 9.21 Å². The van der Waals surface area contributed by atoms with Gasteiger partial charge in [0.2, 0.25) is 15.9 Å². The van der Waals surface area contributed by atoms with Crippen molar-refractivity contribution in [2.45, 2.75) is 54.9 Å². The van der Waals surface area contributed by atoms with Gasteiger partial charge in [-0.3, -0.25) is 9.69 Å². The van der Waals surface area contributed by atoms with Crippen molar-refractivity contribution in [1.29, 1.82) is 0 Å². The van der Waals surface area contributed by atoms with E-state index in [1.165, 1.54) is 32.1 Å². The standard InChI is InChI=1S/C20H29N3O3S2/c1-15-14-27-19-8-7-17(13-18(19)21-20(15)24)28(25,26)23-11-9-22(10-12-23)16-5-3-2-4-6-16/h7-8,13,15-16H,2-6,9-12,14H2,1H3,(H,21,24)/t15-/m0/s1. The summed E-state index contributed by atoms with van der Waals surface area (Å²) in [6.07, 6.45) is 6.40. The average molecular weight is 424 g/mol. The first-order valence-electron chi connectivity index (χ1n) is 10.3. The lowest BCUT2D eigenvalue weighted by Gasteiger charge is -2.40. The zero-order chi connectivity index (χ0) is 19.7. The van der Waals surface area contributed by atoms with Gasteiger partial charge in [-0.25, -0.2) is 8.42 Å². The van der Waals surface area contributed by atoms with E-state index in [4.69, 9.17) is 0 Å². The normalized spacial score (nSPS) is 25.8. The number of piperazine rings is 1. The summed E-state index contributed by atoms with van der Waals surface area (Å²) in [6.45, 7) is 4.57. The van der Waals surface area contributed by atoms with Gasteiger partial charge in [-0.1, -0.05) is 26.2 Å². The summed E-state index contributed by atoms with van der Waals surface area (Å²) < 4.78 is 28.0. The number of benzene rings is 1. The van der Waals surface area contributed by atoms with Gasteiger partial charge < -0.3 is 5.32 Å². The summed E-state index contributed by atoms with van der Waals surface area (Å²) in [5.41, 5.74) is 0.612. The number of thioether (sulfide) groups is 1. The maximum Gasteiger partial charge on any atom is 0.243 e. The number of hydrogen-bond acceptors (Lipinski definition) is 5. The average Bonchev–Trinajstić information content (AvgIpc) is 2.86. The second kappa shape index (κ2) is 8.34. The van der Waals surface area contributed by atoms with Gasteiger partial charge in [-0.2, -0.15) is 4.31 Å². The zero-order valence-electron chi connectivity index (χ0n) is 16.4. The van der Waals surface area contributed by atoms with Crippen LogP contribution in [-0.4, -0.2) is 61.5 Å². The van der Waals surface area contributed by atoms with Gasteiger partial charge in [0.1, 0.15) is 0 Å². The molecular formula is C20H29N3O3S2. The molecule has 2 fully saturated rings. The van der Waals surface area contributed by atoms with E-state index < -0.39 is 10.0 Å². The lowest BCUT2D eigenvalue weighted by atomic mass is 9.94. The molecule has 0 bridgehead atoms. The van der Waals surface area contributed by atoms with Crippen LogP contribution in [0.5, 0.6) is 0 Å². The number of carbonyl (C=O) groups excluding carboxylic acids is 1. The van der Waals surface area contributed by atoms with Crippen LogP contribution < -0.4 is 5.32 Å². The first-order valence-corrected chi connectivity index (χ1v) is 12.7. The third kappa shape index (κ3) is 4.10. The van der Waals surface area contributed by atoms with Crippen LogP contribution in [0, 0.1) is 5.92 Å². The van der Waals surface area contributed by atoms with E-state index in [0.29, 0.717) is 30.6 Å². The fourth-order valence-corrected chi connectivity index (χ4v) is 6.80. The van der Waals surface area contributed by atoms with Crippen LogP contribution in [0.1, 0.15) is 39.0 Å². The number of hydrogen-bond donors (Lipinski definition) is 1. The highest BCUT2D eigenvalue weighted by atomic mass is 32.2. The molecule has 1 aromatic rings. The van der Waals surface area contributed by atoms with Crippen molar-refractivity contribution in [2.24, 2.45) is 5.92 Å². The molecule has 1 atom stereocenters. The Hall–Kier alpha value is -1.09. The summed E-state index contributed by atoms with van der Waals surface area (Å²) in [5, 5.41) is 2.89. The van der Waals surface area contributed by atoms with E-state index in [0.717, 1.165) is 18.0 Å². The smallest absolute Gasteiger partial charge is 0.243 e. The largest absolute Gasteiger partial charge is 0.325 e. The van der Waals surface area contributed by atoms with Crippen molar-refractivity contribution in [3.8, 4) is 0 Å². The van der Waals surface area contributed by atoms with Gasteiger partial charge in [-0.05, 0) is 31.0 Å². The quantitative estimate of drug-likeness (QED) is 0.809. The summed E-state index contributed by atoms with van der Waals surface area (Å²) in [6, 6.07) is 5.75. The van der Waals surface area contributed by atoms with E-state index in [1.54, 1.807) is 28.2 Å². The third-order valence-electron chi connectivity index (χ3n) is 6.15. The minimum atomic E-state index is -3.55. The molecule has 1 aliphatic carbocycles. The predicted octanol–water partition coefficient (Wildman–Crippen LogP) is 3.01. The van der Waals surface area contributed by atoms with Gasteiger partial charge in [-0.15, -0.1) is 11.8 Å². The summed E-state index contributed by atoms with van der Waals surface area (Å²) >= 11 is 1.59. The van der Waals surface area contributed by atoms with E-state index in [2.05, 4.69) is 10.2 Å². The number of anilines is 1. The molecule has 1 N–H and O–H groups in total. The number of nitrogens with zero attached hydrogens (tertiary/aromatic N) is 2. The Morgan fingerprint density at radius 3 is 2.50 bits per heavy atom. The number of nitrogens with one attached hydrogen (secondary N) is 1. The van der Waals surface area contributed by atoms with Crippen LogP contribution in [-0.2, 0) is 14.8 Å². The summed E-state index contributed by atoms with van der Waals surface area (Å²) in [5.74, 6) is 0.556. The second-order valence-electron chi connectivity index (χ2n) is 8.09. The molecule has 0 radical (unpaired) electrons. The van der Waals surface area contributed by atoms with Crippen molar-refractivity contribution in [3.05, 3.63) is 18.2 Å². The molecular weight excluding hydrogens is 394 g/mol. The molecule has 3 aliphatic rings. The maximum atomic E-state index is 13.2. The maximum absolute atomic E-state index is 13.2. The predicted molar refractivity (Wildman–Crippen MR) is 112 cm³/mol. The molecule has 2 aliphatic heterocycles. The highest BCUT2D eigenvalue weighted by molar-refractivity contribution is 7.99. The zero-order valence-corrected chi connectivity index (χ0v) is 18.0. The van der Waals surface area contributed by atoms with E-state index in [9.17, 15) is 13.2 Å². The van der Waals surface area contributed by atoms with E-state index in [1.807, 2.05) is 13.0 Å². The van der Waals surface area contributed by atoms with Gasteiger partial charge in [0.15, 0.2) is 0 Å². The Bertz CT molecular complexity index is 829. The minimum absolute atomic E-state index is 0.0538. The van der Waals surface area contributed by atoms with Gasteiger partial charge in [0, 0.05) is 48.8 Å². The molecule has 1 saturated heterocycles. The van der Waals surface area contributed by atoms with Crippen LogP contribution in [0.4, 0.5) is 5.69 Å². The van der Waals surface area contributed by atoms with Gasteiger partial charge in [0.05, 0.1) is 10.6 Å². The van der Waals surface area contributed by atoms with Crippen LogP contribution in [0.3, 0.4) is 0 Å². The highest BCUT2D eigenvalue weighted by Gasteiger charge is 2.32. The topological polar surface area (TPSA) is 69.7 Å². The molecule has 0 unspecified atom stereocenters. The van der Waals surface area contributed by atoms with Crippen molar-refractivity contribution in [2.75, 3.05) is 37.2 Å². The van der Waals surface area contributed by atoms with Crippen LogP contribution in [0.2, 0.25) is 0 Å². The molecule has 0 spiro atoms. The number of carbonyl (C=O) groups is 1. The SMILES string of the molecule is C[C@H]1CSc2ccc(S(=O)(=O)N3CCN(C4CCCCC4)CC3)cc2NC1=O. The third-order valence-corrected chi connectivity index (χ3v) is 9.38. The molecule has 8 heteroatoms. The number of rotatable bonds is 3. The molecule has 28 heavy (non-hydrogen) atoms. The second-order valence-corrected chi connectivity index (χ2v) is 11.1. The fraction of sp³-hybridized carbons (Fsp3) is 0.650. The Labute approximate surface area is 172 Å². The minimum Gasteiger partial charge on any atom is -0.325 e. The first-order chi connectivity index (χ1) is 13.4. The lowest BCUT2D eigenvalue weighted by Crippen LogP contribution is -2.52. The number of fused-ring (bicyclic) bond motifs is 1. The van der Waals surface area contributed by atoms with Gasteiger partial charge >= 0.3 is 0 Å². The molecule has 4 rings (SSSR count). The Balaban J connectivity index is 1.47. The number of amides is 1.